The fourth-order valence-electron chi connectivity index (χ4n) is 1.43. The summed E-state index contributed by atoms with van der Waals surface area (Å²) >= 11 is 7.34. The average molecular weight is 346 g/mol. The van der Waals surface area contributed by atoms with Gasteiger partial charge in [-0.1, -0.05) is 53.7 Å². The van der Waals surface area contributed by atoms with E-state index in [0.717, 1.165) is 5.56 Å². The van der Waals surface area contributed by atoms with Crippen LogP contribution in [0.2, 0.25) is 5.15 Å². The van der Waals surface area contributed by atoms with Gasteiger partial charge in [-0.3, -0.25) is 4.18 Å². The number of rotatable bonds is 7. The topological polar surface area (TPSA) is 81.2 Å². The first-order chi connectivity index (χ1) is 10.1. The van der Waals surface area contributed by atoms with Crippen LogP contribution in [0.3, 0.4) is 0 Å². The van der Waals surface area contributed by atoms with Crippen LogP contribution in [0.25, 0.3) is 0 Å². The summed E-state index contributed by atoms with van der Waals surface area (Å²) in [5.74, 6) is 1.12. The van der Waals surface area contributed by atoms with Gasteiger partial charge in [0.05, 0.1) is 0 Å². The molecular weight excluding hydrogens is 334 g/mol. The van der Waals surface area contributed by atoms with Gasteiger partial charge in [-0.05, 0) is 5.56 Å². The van der Waals surface area contributed by atoms with Crippen molar-refractivity contribution in [2.45, 2.75) is 10.9 Å². The molecule has 1 N–H and O–H groups in total. The van der Waals surface area contributed by atoms with Gasteiger partial charge >= 0.3 is 0 Å². The Morgan fingerprint density at radius 3 is 2.71 bits per heavy atom. The number of nitrogens with one attached hydrogen (secondary N) is 1. The van der Waals surface area contributed by atoms with Crippen molar-refractivity contribution in [1.82, 2.24) is 9.97 Å². The number of aromatic nitrogens is 2. The Morgan fingerprint density at radius 2 is 2.00 bits per heavy atom. The van der Waals surface area contributed by atoms with E-state index >= 15 is 0 Å². The fourth-order valence-corrected chi connectivity index (χ4v) is 2.65. The number of hydrogen-bond donors (Lipinski definition) is 2. The van der Waals surface area contributed by atoms with Crippen LogP contribution < -0.4 is 5.32 Å². The smallest absolute Gasteiger partial charge is 0.258 e. The average Bonchev–Trinajstić information content (AvgIpc) is 2.45. The summed E-state index contributed by atoms with van der Waals surface area (Å²) in [4.78, 5) is 8.33. The van der Waals surface area contributed by atoms with Crippen LogP contribution in [-0.2, 0) is 20.9 Å². The van der Waals surface area contributed by atoms with E-state index in [-0.39, 0.29) is 11.9 Å². The lowest BCUT2D eigenvalue weighted by atomic mass is 10.2. The zero-order valence-corrected chi connectivity index (χ0v) is 13.2. The lowest BCUT2D eigenvalue weighted by molar-refractivity contribution is 0.360. The van der Waals surface area contributed by atoms with Crippen LogP contribution in [0.5, 0.6) is 0 Å². The number of anilines is 1. The van der Waals surface area contributed by atoms with Gasteiger partial charge in [0.2, 0.25) is 0 Å². The van der Waals surface area contributed by atoms with Gasteiger partial charge in [-0.15, -0.1) is 0 Å². The molecule has 1 heterocycles. The summed E-state index contributed by atoms with van der Waals surface area (Å²) in [7, 11) is -2.89. The Labute approximate surface area is 133 Å². The summed E-state index contributed by atoms with van der Waals surface area (Å²) in [6.45, 7) is -0.200. The number of thioether (sulfide) groups is 1. The van der Waals surface area contributed by atoms with Crippen LogP contribution in [0.1, 0.15) is 5.56 Å². The molecule has 0 aliphatic rings. The molecular formula is C12H12ClN3O3S2. The van der Waals surface area contributed by atoms with Crippen molar-refractivity contribution in [1.29, 1.82) is 0 Å². The second kappa shape index (κ2) is 8.18. The van der Waals surface area contributed by atoms with Crippen LogP contribution in [0, 0.1) is 0 Å². The molecule has 0 spiro atoms. The van der Waals surface area contributed by atoms with E-state index in [2.05, 4.69) is 19.5 Å². The molecule has 0 aliphatic heterocycles. The van der Waals surface area contributed by atoms with E-state index in [9.17, 15) is 8.42 Å². The summed E-state index contributed by atoms with van der Waals surface area (Å²) in [5.41, 5.74) is 1.15. The second-order valence-electron chi connectivity index (χ2n) is 3.81. The minimum atomic E-state index is -2.89. The number of hydrogen-bond acceptors (Lipinski definition) is 7. The molecule has 0 bridgehead atoms. The normalized spacial score (nSPS) is 10.8. The summed E-state index contributed by atoms with van der Waals surface area (Å²) in [6.07, 6.45) is 0. The molecule has 9 heteroatoms. The molecule has 0 aliphatic carbocycles. The van der Waals surface area contributed by atoms with Crippen molar-refractivity contribution in [3.05, 3.63) is 47.1 Å². The highest BCUT2D eigenvalue weighted by Crippen LogP contribution is 2.22. The van der Waals surface area contributed by atoms with Gasteiger partial charge < -0.3 is 5.32 Å². The SMILES string of the molecule is O=[SH](=O)OCNc1cc(Cl)nc(SCc2ccccc2)n1. The van der Waals surface area contributed by atoms with Gasteiger partial charge in [0.15, 0.2) is 5.16 Å². The van der Waals surface area contributed by atoms with E-state index in [1.54, 1.807) is 0 Å². The highest BCUT2D eigenvalue weighted by Gasteiger charge is 2.04. The van der Waals surface area contributed by atoms with Crippen molar-refractivity contribution in [2.24, 2.45) is 0 Å². The van der Waals surface area contributed by atoms with Crippen LogP contribution >= 0.6 is 23.4 Å². The Balaban J connectivity index is 1.97. The molecule has 1 aromatic heterocycles. The third-order valence-corrected chi connectivity index (χ3v) is 3.76. The predicted molar refractivity (Wildman–Crippen MR) is 82.9 cm³/mol. The number of nitrogens with zero attached hydrogens (tertiary/aromatic N) is 2. The van der Waals surface area contributed by atoms with Gasteiger partial charge in [-0.25, -0.2) is 18.4 Å². The van der Waals surface area contributed by atoms with E-state index in [1.807, 2.05) is 30.3 Å². The molecule has 0 saturated heterocycles. The maximum atomic E-state index is 10.3. The first-order valence-electron chi connectivity index (χ1n) is 5.86. The Hall–Kier alpha value is -1.35. The van der Waals surface area contributed by atoms with E-state index in [1.165, 1.54) is 17.8 Å². The quantitative estimate of drug-likeness (QED) is 0.262. The maximum Gasteiger partial charge on any atom is 0.258 e. The Bertz CT molecular complexity index is 660. The first-order valence-corrected chi connectivity index (χ1v) is 8.32. The monoisotopic (exact) mass is 345 g/mol. The number of halogens is 1. The van der Waals surface area contributed by atoms with Crippen molar-refractivity contribution in [2.75, 3.05) is 12.0 Å². The van der Waals surface area contributed by atoms with E-state index in [0.29, 0.717) is 16.7 Å². The number of benzene rings is 1. The van der Waals surface area contributed by atoms with E-state index in [4.69, 9.17) is 11.6 Å². The molecule has 0 fully saturated rings. The summed E-state index contributed by atoms with van der Waals surface area (Å²) < 4.78 is 25.0. The van der Waals surface area contributed by atoms with Gasteiger partial charge in [0.25, 0.3) is 11.0 Å². The van der Waals surface area contributed by atoms with Crippen molar-refractivity contribution < 1.29 is 12.6 Å². The first kappa shape index (κ1) is 16.0. The van der Waals surface area contributed by atoms with Gasteiger partial charge in [0.1, 0.15) is 17.7 Å². The molecule has 2 rings (SSSR count). The molecule has 0 radical (unpaired) electrons. The molecule has 0 amide bonds. The Kier molecular flexibility index (Phi) is 6.24. The lowest BCUT2D eigenvalue weighted by Crippen LogP contribution is -2.07. The molecule has 0 atom stereocenters. The second-order valence-corrected chi connectivity index (χ2v) is 5.84. The van der Waals surface area contributed by atoms with Crippen molar-refractivity contribution in [3.63, 3.8) is 0 Å². The zero-order valence-electron chi connectivity index (χ0n) is 10.7. The third kappa shape index (κ3) is 5.88. The molecule has 112 valence electrons. The molecule has 2 aromatic rings. The molecule has 0 unspecified atom stereocenters. The highest BCUT2D eigenvalue weighted by molar-refractivity contribution is 7.98. The van der Waals surface area contributed by atoms with Crippen molar-refractivity contribution in [3.8, 4) is 0 Å². The molecule has 6 nitrogen and oxygen atoms in total. The Morgan fingerprint density at radius 1 is 1.24 bits per heavy atom. The molecule has 21 heavy (non-hydrogen) atoms. The van der Waals surface area contributed by atoms with Crippen molar-refractivity contribution >= 4 is 40.2 Å². The minimum absolute atomic E-state index is 0.200. The summed E-state index contributed by atoms with van der Waals surface area (Å²) in [6, 6.07) is 11.4. The fraction of sp³-hybridized carbons (Fsp3) is 0.167. The van der Waals surface area contributed by atoms with Crippen LogP contribution in [0.4, 0.5) is 5.82 Å². The van der Waals surface area contributed by atoms with Gasteiger partial charge in [-0.2, -0.15) is 0 Å². The zero-order chi connectivity index (χ0) is 15.1. The molecule has 1 aromatic carbocycles. The summed E-state index contributed by atoms with van der Waals surface area (Å²) in [5, 5.41) is 3.47. The number of thiol groups is 1. The predicted octanol–water partition coefficient (Wildman–Crippen LogP) is 2.33. The third-order valence-electron chi connectivity index (χ3n) is 2.31. The standard InChI is InChI=1S/C12H12ClN3O3S2/c13-10-6-11(14-8-19-21(17)18)16-12(15-10)20-7-9-4-2-1-3-5-9/h1-6,21H,7-8H2,(H,14,15,16). The minimum Gasteiger partial charge on any atom is -0.346 e. The van der Waals surface area contributed by atoms with Crippen LogP contribution in [-0.4, -0.2) is 25.1 Å². The maximum absolute atomic E-state index is 10.3. The van der Waals surface area contributed by atoms with Crippen LogP contribution in [0.15, 0.2) is 41.6 Å². The highest BCUT2D eigenvalue weighted by atomic mass is 35.5. The van der Waals surface area contributed by atoms with Gasteiger partial charge in [0, 0.05) is 11.8 Å². The molecule has 0 saturated carbocycles. The van der Waals surface area contributed by atoms with E-state index < -0.39 is 11.0 Å². The lowest BCUT2D eigenvalue weighted by Gasteiger charge is -2.06. The largest absolute Gasteiger partial charge is 0.346 e.